The lowest BCUT2D eigenvalue weighted by Gasteiger charge is -2.27. The molecular weight excluding hydrogens is 781 g/mol. The topological polar surface area (TPSA) is 8.17 Å². The molecular formula is C60H40N2S. The third kappa shape index (κ3) is 6.41. The molecule has 0 amide bonds. The van der Waals surface area contributed by atoms with Crippen molar-refractivity contribution in [1.82, 2.24) is 4.57 Å². The molecule has 3 heteroatoms. The second-order valence-electron chi connectivity index (χ2n) is 16.1. The zero-order valence-corrected chi connectivity index (χ0v) is 35.2. The molecule has 2 heterocycles. The molecule has 0 bridgehead atoms. The van der Waals surface area contributed by atoms with Gasteiger partial charge in [0.2, 0.25) is 0 Å². The van der Waals surface area contributed by atoms with E-state index < -0.39 is 0 Å². The number of hydrogen-bond acceptors (Lipinski definition) is 2. The summed E-state index contributed by atoms with van der Waals surface area (Å²) in [7, 11) is 0. The van der Waals surface area contributed by atoms with Crippen LogP contribution in [0.4, 0.5) is 17.1 Å². The van der Waals surface area contributed by atoms with Gasteiger partial charge in [0.15, 0.2) is 0 Å². The van der Waals surface area contributed by atoms with Gasteiger partial charge < -0.3 is 9.47 Å². The van der Waals surface area contributed by atoms with Crippen LogP contribution in [0.5, 0.6) is 0 Å². The van der Waals surface area contributed by atoms with Crippen LogP contribution in [0.1, 0.15) is 0 Å². The van der Waals surface area contributed by atoms with Crippen molar-refractivity contribution < 1.29 is 0 Å². The van der Waals surface area contributed by atoms with Gasteiger partial charge in [-0.3, -0.25) is 0 Å². The standard InChI is InChI=1S/C60H40N2S/c1-5-18-41(19-6-1)44-32-35-48(42-20-7-2-8-21-42)57(38-44)62-56-30-15-13-26-50(56)51-37-34-47(40-58(51)62)61(45-24-11-4-12-25-45)46-33-36-49(55(39-46)43-22-9-3-10-23-43)53-28-17-29-54-52-27-14-16-31-59(52)63-60(53)54/h1-40H. The van der Waals surface area contributed by atoms with E-state index in [0.29, 0.717) is 0 Å². The third-order valence-corrected chi connectivity index (χ3v) is 13.6. The monoisotopic (exact) mass is 820 g/mol. The van der Waals surface area contributed by atoms with E-state index in [1.54, 1.807) is 0 Å². The fourth-order valence-electron chi connectivity index (χ4n) is 9.49. The van der Waals surface area contributed by atoms with Crippen molar-refractivity contribution in [3.05, 3.63) is 243 Å². The Morgan fingerprint density at radius 3 is 1.63 bits per heavy atom. The maximum Gasteiger partial charge on any atom is 0.0562 e. The van der Waals surface area contributed by atoms with Crippen molar-refractivity contribution in [3.8, 4) is 50.2 Å². The maximum absolute atomic E-state index is 2.48. The van der Waals surface area contributed by atoms with E-state index in [0.717, 1.165) is 28.3 Å². The lowest BCUT2D eigenvalue weighted by atomic mass is 9.92. The average molecular weight is 821 g/mol. The molecule has 0 unspecified atom stereocenters. The summed E-state index contributed by atoms with van der Waals surface area (Å²) in [5.41, 5.74) is 16.3. The number of nitrogens with zero attached hydrogens (tertiary/aromatic N) is 2. The highest BCUT2D eigenvalue weighted by Gasteiger charge is 2.22. The second-order valence-corrected chi connectivity index (χ2v) is 17.1. The first-order valence-corrected chi connectivity index (χ1v) is 22.3. The number of thiophene rings is 1. The molecule has 0 aliphatic heterocycles. The highest BCUT2D eigenvalue weighted by Crippen LogP contribution is 2.47. The lowest BCUT2D eigenvalue weighted by Crippen LogP contribution is -2.10. The molecule has 0 radical (unpaired) electrons. The number of hydrogen-bond donors (Lipinski definition) is 0. The second kappa shape index (κ2) is 15.5. The predicted octanol–water partition coefficient (Wildman–Crippen LogP) is 17.3. The van der Waals surface area contributed by atoms with E-state index in [9.17, 15) is 0 Å². The van der Waals surface area contributed by atoms with Gasteiger partial charge in [0.1, 0.15) is 0 Å². The van der Waals surface area contributed by atoms with Gasteiger partial charge in [-0.1, -0.05) is 188 Å². The molecule has 63 heavy (non-hydrogen) atoms. The number of para-hydroxylation sites is 2. The molecule has 12 rings (SSSR count). The molecule has 0 spiro atoms. The van der Waals surface area contributed by atoms with E-state index in [1.807, 2.05) is 11.3 Å². The number of rotatable bonds is 8. The maximum atomic E-state index is 2.48. The number of fused-ring (bicyclic) bond motifs is 6. The van der Waals surface area contributed by atoms with E-state index >= 15 is 0 Å². The Morgan fingerprint density at radius 2 is 0.873 bits per heavy atom. The Labute approximate surface area is 370 Å². The van der Waals surface area contributed by atoms with E-state index in [4.69, 9.17) is 0 Å². The molecule has 0 fully saturated rings. The van der Waals surface area contributed by atoms with Crippen LogP contribution in [-0.2, 0) is 0 Å². The third-order valence-electron chi connectivity index (χ3n) is 12.4. The normalized spacial score (nSPS) is 11.5. The van der Waals surface area contributed by atoms with Crippen molar-refractivity contribution >= 4 is 70.4 Å². The fraction of sp³-hybridized carbons (Fsp3) is 0. The summed E-state index contributed by atoms with van der Waals surface area (Å²) >= 11 is 1.88. The van der Waals surface area contributed by atoms with Crippen LogP contribution >= 0.6 is 11.3 Å². The summed E-state index contributed by atoms with van der Waals surface area (Å²) < 4.78 is 5.10. The quantitative estimate of drug-likeness (QED) is 0.148. The van der Waals surface area contributed by atoms with Crippen molar-refractivity contribution in [1.29, 1.82) is 0 Å². The molecule has 10 aromatic carbocycles. The van der Waals surface area contributed by atoms with Crippen LogP contribution in [-0.4, -0.2) is 4.57 Å². The molecule has 12 aromatic rings. The summed E-state index contributed by atoms with van der Waals surface area (Å²) in [5.74, 6) is 0. The molecule has 0 atom stereocenters. The minimum absolute atomic E-state index is 1.08. The van der Waals surface area contributed by atoms with Crippen LogP contribution in [0.2, 0.25) is 0 Å². The van der Waals surface area contributed by atoms with Crippen LogP contribution < -0.4 is 4.90 Å². The Hall–Kier alpha value is -7.98. The summed E-state index contributed by atoms with van der Waals surface area (Å²) in [5, 5.41) is 5.04. The SMILES string of the molecule is c1ccc(-c2ccc(-c3ccccc3)c(-n3c4ccccc4c4ccc(N(c5ccccc5)c5ccc(-c6cccc7c6sc6ccccc67)c(-c6ccccc6)c5)cc43)c2)cc1. The number of aromatic nitrogens is 1. The summed E-state index contributed by atoms with van der Waals surface area (Å²) in [6, 6.07) is 88.4. The highest BCUT2D eigenvalue weighted by atomic mass is 32.1. The molecule has 2 nitrogen and oxygen atoms in total. The zero-order valence-electron chi connectivity index (χ0n) is 34.4. The van der Waals surface area contributed by atoms with Crippen LogP contribution in [0.15, 0.2) is 243 Å². The van der Waals surface area contributed by atoms with Gasteiger partial charge in [0, 0.05) is 59.1 Å². The van der Waals surface area contributed by atoms with E-state index in [-0.39, 0.29) is 0 Å². The van der Waals surface area contributed by atoms with Crippen molar-refractivity contribution in [3.63, 3.8) is 0 Å². The average Bonchev–Trinajstić information content (AvgIpc) is 3.91. The van der Waals surface area contributed by atoms with Gasteiger partial charge in [0.25, 0.3) is 0 Å². The largest absolute Gasteiger partial charge is 0.310 e. The fourth-order valence-corrected chi connectivity index (χ4v) is 10.7. The highest BCUT2D eigenvalue weighted by molar-refractivity contribution is 7.26. The molecule has 296 valence electrons. The van der Waals surface area contributed by atoms with Gasteiger partial charge in [-0.15, -0.1) is 11.3 Å². The van der Waals surface area contributed by atoms with Gasteiger partial charge in [-0.2, -0.15) is 0 Å². The first-order valence-electron chi connectivity index (χ1n) is 21.5. The molecule has 0 aliphatic carbocycles. The van der Waals surface area contributed by atoms with Crippen LogP contribution in [0, 0.1) is 0 Å². The Kier molecular flexibility index (Phi) is 9.06. The molecule has 0 N–H and O–H groups in total. The van der Waals surface area contributed by atoms with Crippen LogP contribution in [0.25, 0.3) is 92.2 Å². The van der Waals surface area contributed by atoms with Crippen LogP contribution in [0.3, 0.4) is 0 Å². The Morgan fingerprint density at radius 1 is 0.302 bits per heavy atom. The van der Waals surface area contributed by atoms with E-state index in [2.05, 4.69) is 252 Å². The summed E-state index contributed by atoms with van der Waals surface area (Å²) in [4.78, 5) is 2.41. The van der Waals surface area contributed by atoms with Crippen molar-refractivity contribution in [2.45, 2.75) is 0 Å². The van der Waals surface area contributed by atoms with Gasteiger partial charge in [-0.25, -0.2) is 0 Å². The minimum Gasteiger partial charge on any atom is -0.310 e. The number of anilines is 3. The van der Waals surface area contributed by atoms with Gasteiger partial charge in [-0.05, 0) is 88.0 Å². The number of benzene rings is 10. The Balaban J connectivity index is 1.10. The first-order chi connectivity index (χ1) is 31.3. The first kappa shape index (κ1) is 36.8. The Bertz CT molecular complexity index is 3610. The predicted molar refractivity (Wildman–Crippen MR) is 270 cm³/mol. The molecule has 0 saturated carbocycles. The smallest absolute Gasteiger partial charge is 0.0562 e. The van der Waals surface area contributed by atoms with E-state index in [1.165, 1.54) is 81.0 Å². The van der Waals surface area contributed by atoms with Gasteiger partial charge in [0.05, 0.1) is 16.7 Å². The van der Waals surface area contributed by atoms with Crippen molar-refractivity contribution in [2.75, 3.05) is 4.90 Å². The molecule has 2 aromatic heterocycles. The minimum atomic E-state index is 1.08. The molecule has 0 saturated heterocycles. The molecule has 0 aliphatic rings. The lowest BCUT2D eigenvalue weighted by molar-refractivity contribution is 1.18. The summed E-state index contributed by atoms with van der Waals surface area (Å²) in [6.07, 6.45) is 0. The zero-order chi connectivity index (χ0) is 41.7. The summed E-state index contributed by atoms with van der Waals surface area (Å²) in [6.45, 7) is 0. The van der Waals surface area contributed by atoms with Crippen molar-refractivity contribution in [2.24, 2.45) is 0 Å². The van der Waals surface area contributed by atoms with Gasteiger partial charge >= 0.3 is 0 Å².